The number of rotatable bonds is 4. The smallest absolute Gasteiger partial charge is 0.261 e. The van der Waals surface area contributed by atoms with Crippen molar-refractivity contribution in [2.24, 2.45) is 5.11 Å². The van der Waals surface area contributed by atoms with Crippen LogP contribution in [0.4, 0.5) is 5.69 Å². The minimum absolute atomic E-state index is 0.219. The molecule has 1 aliphatic rings. The van der Waals surface area contributed by atoms with E-state index in [2.05, 4.69) is 10.0 Å². The first kappa shape index (κ1) is 13.9. The lowest BCUT2D eigenvalue weighted by atomic mass is 9.93. The van der Waals surface area contributed by atoms with Gasteiger partial charge in [0.15, 0.2) is 0 Å². The fourth-order valence-electron chi connectivity index (χ4n) is 2.72. The molecule has 2 aromatic carbocycles. The maximum atomic E-state index is 12.5. The number of anilines is 1. The number of azide groups is 1. The molecule has 7 heteroatoms. The van der Waals surface area contributed by atoms with Crippen LogP contribution in [-0.2, 0) is 0 Å². The number of imide groups is 1. The Kier molecular flexibility index (Phi) is 3.40. The Labute approximate surface area is 125 Å². The molecule has 2 amide bonds. The molecule has 2 aromatic rings. The quantitative estimate of drug-likeness (QED) is 0.233. The van der Waals surface area contributed by atoms with Gasteiger partial charge in [0, 0.05) is 45.6 Å². The summed E-state index contributed by atoms with van der Waals surface area (Å²) >= 11 is 0. The molecule has 0 aliphatic carbocycles. The largest absolute Gasteiger partial charge is 0.398 e. The van der Waals surface area contributed by atoms with Crippen LogP contribution in [0, 0.1) is 0 Å². The standard InChI is InChI=1S/C15H13N5O2/c16-12-6-5-11-13-9(12)3-1-4-10(13)14(21)20(15(11)22)8-2-7-18-19-17/h1,3-6H,2,7-8,16H2. The van der Waals surface area contributed by atoms with Crippen molar-refractivity contribution in [1.82, 2.24) is 4.90 Å². The summed E-state index contributed by atoms with van der Waals surface area (Å²) < 4.78 is 0. The molecule has 0 unspecified atom stereocenters. The number of carbonyl (C=O) groups is 2. The van der Waals surface area contributed by atoms with Crippen molar-refractivity contribution in [2.45, 2.75) is 6.42 Å². The molecule has 0 bridgehead atoms. The van der Waals surface area contributed by atoms with Crippen molar-refractivity contribution in [3.05, 3.63) is 51.9 Å². The Bertz CT molecular complexity index is 817. The van der Waals surface area contributed by atoms with E-state index in [0.717, 1.165) is 0 Å². The fraction of sp³-hybridized carbons (Fsp3) is 0.200. The molecule has 0 spiro atoms. The first-order valence-corrected chi connectivity index (χ1v) is 6.83. The van der Waals surface area contributed by atoms with Crippen LogP contribution in [0.1, 0.15) is 27.1 Å². The highest BCUT2D eigenvalue weighted by atomic mass is 16.2. The van der Waals surface area contributed by atoms with Crippen molar-refractivity contribution >= 4 is 28.3 Å². The van der Waals surface area contributed by atoms with Crippen molar-refractivity contribution < 1.29 is 9.59 Å². The third-order valence-corrected chi connectivity index (χ3v) is 3.73. The molecule has 1 aliphatic heterocycles. The minimum Gasteiger partial charge on any atom is -0.398 e. The van der Waals surface area contributed by atoms with E-state index in [1.165, 1.54) is 4.90 Å². The van der Waals surface area contributed by atoms with Crippen molar-refractivity contribution in [2.75, 3.05) is 18.8 Å². The van der Waals surface area contributed by atoms with Gasteiger partial charge < -0.3 is 5.73 Å². The second kappa shape index (κ2) is 5.38. The van der Waals surface area contributed by atoms with Gasteiger partial charge in [-0.05, 0) is 30.2 Å². The molecule has 0 saturated heterocycles. The summed E-state index contributed by atoms with van der Waals surface area (Å²) in [5.74, 6) is -0.677. The van der Waals surface area contributed by atoms with E-state index in [4.69, 9.17) is 11.3 Å². The Balaban J connectivity index is 2.05. The third kappa shape index (κ3) is 2.04. The Morgan fingerprint density at radius 1 is 1.14 bits per heavy atom. The van der Waals surface area contributed by atoms with Crippen LogP contribution in [0.25, 0.3) is 21.2 Å². The lowest BCUT2D eigenvalue weighted by molar-refractivity contribution is 0.0610. The van der Waals surface area contributed by atoms with E-state index in [1.807, 2.05) is 0 Å². The van der Waals surface area contributed by atoms with E-state index in [0.29, 0.717) is 34.0 Å². The monoisotopic (exact) mass is 295 g/mol. The van der Waals surface area contributed by atoms with Gasteiger partial charge in [0.1, 0.15) is 0 Å². The van der Waals surface area contributed by atoms with Crippen LogP contribution in [0.2, 0.25) is 0 Å². The van der Waals surface area contributed by atoms with Crippen LogP contribution >= 0.6 is 0 Å². The Morgan fingerprint density at radius 2 is 1.86 bits per heavy atom. The van der Waals surface area contributed by atoms with E-state index in [9.17, 15) is 9.59 Å². The number of benzene rings is 2. The van der Waals surface area contributed by atoms with Gasteiger partial charge >= 0.3 is 0 Å². The van der Waals surface area contributed by atoms with E-state index < -0.39 is 0 Å². The predicted octanol–water partition coefficient (Wildman–Crippen LogP) is 2.72. The molecule has 22 heavy (non-hydrogen) atoms. The zero-order valence-corrected chi connectivity index (χ0v) is 11.7. The molecule has 0 radical (unpaired) electrons. The average molecular weight is 295 g/mol. The van der Waals surface area contributed by atoms with Crippen LogP contribution in [0.3, 0.4) is 0 Å². The summed E-state index contributed by atoms with van der Waals surface area (Å²) in [5.41, 5.74) is 15.7. The molecule has 0 atom stereocenters. The van der Waals surface area contributed by atoms with E-state index >= 15 is 0 Å². The normalized spacial score (nSPS) is 13.4. The van der Waals surface area contributed by atoms with Crippen LogP contribution in [-0.4, -0.2) is 29.8 Å². The summed E-state index contributed by atoms with van der Waals surface area (Å²) in [4.78, 5) is 28.9. The minimum atomic E-state index is -0.338. The summed E-state index contributed by atoms with van der Waals surface area (Å²) in [5, 5.41) is 4.74. The van der Waals surface area contributed by atoms with Gasteiger partial charge in [-0.3, -0.25) is 14.5 Å². The molecular formula is C15H13N5O2. The molecule has 0 saturated carbocycles. The third-order valence-electron chi connectivity index (χ3n) is 3.73. The number of hydrogen-bond acceptors (Lipinski definition) is 4. The van der Waals surface area contributed by atoms with E-state index in [-0.39, 0.29) is 24.9 Å². The molecule has 0 fully saturated rings. The van der Waals surface area contributed by atoms with Gasteiger partial charge in [0.2, 0.25) is 0 Å². The van der Waals surface area contributed by atoms with Crippen molar-refractivity contribution in [3.63, 3.8) is 0 Å². The fourth-order valence-corrected chi connectivity index (χ4v) is 2.72. The maximum absolute atomic E-state index is 12.5. The molecule has 7 nitrogen and oxygen atoms in total. The Hall–Kier alpha value is -3.05. The van der Waals surface area contributed by atoms with Crippen LogP contribution in [0.5, 0.6) is 0 Å². The number of hydrogen-bond donors (Lipinski definition) is 1. The van der Waals surface area contributed by atoms with Crippen molar-refractivity contribution in [3.8, 4) is 0 Å². The molecule has 3 rings (SSSR count). The first-order chi connectivity index (χ1) is 10.6. The predicted molar refractivity (Wildman–Crippen MR) is 82.4 cm³/mol. The maximum Gasteiger partial charge on any atom is 0.261 e. The highest BCUT2D eigenvalue weighted by Gasteiger charge is 2.32. The van der Waals surface area contributed by atoms with Gasteiger partial charge in [-0.1, -0.05) is 17.2 Å². The number of nitrogens with two attached hydrogens (primary N) is 1. The number of amides is 2. The SMILES string of the molecule is [N-]=[N+]=NCCCN1C(=O)c2cccc3c(N)ccc(c23)C1=O. The van der Waals surface area contributed by atoms with Gasteiger partial charge in [0.05, 0.1) is 0 Å². The number of carbonyl (C=O) groups excluding carboxylic acids is 2. The van der Waals surface area contributed by atoms with E-state index in [1.54, 1.807) is 30.3 Å². The summed E-state index contributed by atoms with van der Waals surface area (Å²) in [6.07, 6.45) is 0.432. The first-order valence-electron chi connectivity index (χ1n) is 6.83. The lowest BCUT2D eigenvalue weighted by Gasteiger charge is -2.27. The van der Waals surface area contributed by atoms with Gasteiger partial charge in [0.25, 0.3) is 11.8 Å². The summed E-state index contributed by atoms with van der Waals surface area (Å²) in [6, 6.07) is 8.57. The lowest BCUT2D eigenvalue weighted by Crippen LogP contribution is -2.41. The second-order valence-electron chi connectivity index (χ2n) is 5.00. The molecule has 0 aromatic heterocycles. The zero-order valence-electron chi connectivity index (χ0n) is 11.7. The van der Waals surface area contributed by atoms with Gasteiger partial charge in [-0.15, -0.1) is 0 Å². The van der Waals surface area contributed by atoms with Gasteiger partial charge in [-0.2, -0.15) is 0 Å². The molecule has 1 heterocycles. The molecule has 2 N–H and O–H groups in total. The average Bonchev–Trinajstić information content (AvgIpc) is 2.53. The highest BCUT2D eigenvalue weighted by molar-refractivity contribution is 6.26. The number of nitrogen functional groups attached to an aromatic ring is 1. The van der Waals surface area contributed by atoms with Crippen LogP contribution < -0.4 is 5.73 Å². The second-order valence-corrected chi connectivity index (χ2v) is 5.00. The molecular weight excluding hydrogens is 282 g/mol. The van der Waals surface area contributed by atoms with Crippen LogP contribution in [0.15, 0.2) is 35.4 Å². The Morgan fingerprint density at radius 3 is 2.59 bits per heavy atom. The highest BCUT2D eigenvalue weighted by Crippen LogP contribution is 2.33. The van der Waals surface area contributed by atoms with Crippen molar-refractivity contribution in [1.29, 1.82) is 0 Å². The summed E-state index contributed by atoms with van der Waals surface area (Å²) in [6.45, 7) is 0.462. The topological polar surface area (TPSA) is 112 Å². The zero-order chi connectivity index (χ0) is 15.7. The molecule has 110 valence electrons. The van der Waals surface area contributed by atoms with Gasteiger partial charge in [-0.25, -0.2) is 0 Å². The summed E-state index contributed by atoms with van der Waals surface area (Å²) in [7, 11) is 0. The number of nitrogens with zero attached hydrogens (tertiary/aromatic N) is 4.